The summed E-state index contributed by atoms with van der Waals surface area (Å²) in [6.07, 6.45) is 2.30. The van der Waals surface area contributed by atoms with Crippen LogP contribution in [-0.4, -0.2) is 57.1 Å². The van der Waals surface area contributed by atoms with Gasteiger partial charge in [0.2, 0.25) is 0 Å². The maximum absolute atomic E-state index is 9.83. The molecule has 1 unspecified atom stereocenters. The van der Waals surface area contributed by atoms with Gasteiger partial charge in [-0.05, 0) is 0 Å². The Labute approximate surface area is 78.6 Å². The van der Waals surface area contributed by atoms with Gasteiger partial charge in [-0.25, -0.2) is 0 Å². The summed E-state index contributed by atoms with van der Waals surface area (Å²) in [5.41, 5.74) is 0. The molecule has 0 rings (SSSR count). The molecule has 0 aromatic rings. The van der Waals surface area contributed by atoms with Gasteiger partial charge < -0.3 is 0 Å². The monoisotopic (exact) mass is 212 g/mol. The van der Waals surface area contributed by atoms with Crippen molar-refractivity contribution in [3.8, 4) is 0 Å². The predicted octanol–water partition coefficient (Wildman–Crippen LogP) is 1.97. The SMILES string of the molecule is C[PH](C)(C)CCC(O)[PH](C)(C)C. The van der Waals surface area contributed by atoms with Crippen LogP contribution >= 0.6 is 14.5 Å². The second kappa shape index (κ2) is 4.36. The summed E-state index contributed by atoms with van der Waals surface area (Å²) in [7, 11) is -2.22. The molecule has 1 nitrogen and oxygen atoms in total. The van der Waals surface area contributed by atoms with Crippen LogP contribution in [0, 0.1) is 0 Å². The maximum atomic E-state index is 9.83. The minimum absolute atomic E-state index is 0.00391. The van der Waals surface area contributed by atoms with Crippen LogP contribution < -0.4 is 0 Å². The van der Waals surface area contributed by atoms with Crippen molar-refractivity contribution in [1.29, 1.82) is 0 Å². The fourth-order valence-electron chi connectivity index (χ4n) is 1.00. The Morgan fingerprint density at radius 1 is 1.00 bits per heavy atom. The summed E-state index contributed by atoms with van der Waals surface area (Å²) in [4.78, 5) is 0. The van der Waals surface area contributed by atoms with E-state index in [1.807, 2.05) is 0 Å². The molecule has 0 spiro atoms. The minimum atomic E-state index is -1.28. The van der Waals surface area contributed by atoms with E-state index < -0.39 is 14.5 Å². The quantitative estimate of drug-likeness (QED) is 0.706. The molecule has 0 aliphatic carbocycles. The Morgan fingerprint density at radius 3 is 1.67 bits per heavy atom. The molecule has 0 fully saturated rings. The van der Waals surface area contributed by atoms with E-state index in [9.17, 15) is 5.11 Å². The molecule has 0 aliphatic heterocycles. The molecule has 0 saturated heterocycles. The van der Waals surface area contributed by atoms with E-state index in [2.05, 4.69) is 40.0 Å². The summed E-state index contributed by atoms with van der Waals surface area (Å²) in [5, 5.41) is 9.83. The molecule has 0 saturated carbocycles. The third kappa shape index (κ3) is 6.35. The normalized spacial score (nSPS) is 18.9. The van der Waals surface area contributed by atoms with Crippen LogP contribution in [0.1, 0.15) is 6.42 Å². The van der Waals surface area contributed by atoms with Gasteiger partial charge >= 0.3 is 78.0 Å². The Kier molecular flexibility index (Phi) is 4.66. The van der Waals surface area contributed by atoms with Gasteiger partial charge in [-0.2, -0.15) is 0 Å². The number of rotatable bonds is 4. The summed E-state index contributed by atoms with van der Waals surface area (Å²) in [6.45, 7) is 13.8. The second-order valence-corrected chi connectivity index (χ2v) is 17.0. The summed E-state index contributed by atoms with van der Waals surface area (Å²) in [5.74, 6) is 0.00391. The molecule has 0 aromatic carbocycles. The molecular weight excluding hydrogens is 186 g/mol. The van der Waals surface area contributed by atoms with Gasteiger partial charge in [-0.15, -0.1) is 0 Å². The average molecular weight is 212 g/mol. The zero-order valence-electron chi connectivity index (χ0n) is 9.44. The molecule has 0 aromatic heterocycles. The van der Waals surface area contributed by atoms with E-state index in [1.54, 1.807) is 0 Å². The first-order chi connectivity index (χ1) is 5.13. The van der Waals surface area contributed by atoms with Crippen LogP contribution in [-0.2, 0) is 0 Å². The zero-order chi connectivity index (χ0) is 9.99. The molecule has 1 N–H and O–H groups in total. The molecule has 0 heterocycles. The van der Waals surface area contributed by atoms with Gasteiger partial charge in [-0.3, -0.25) is 0 Å². The first-order valence-electron chi connectivity index (χ1n) is 4.81. The van der Waals surface area contributed by atoms with E-state index in [-0.39, 0.29) is 5.85 Å². The standard InChI is InChI=1S/C9H26OP2/c1-11(2,3)8-7-9(10)12(4,5)6/h9-12H,7-8H2,1-6H3. The van der Waals surface area contributed by atoms with Crippen LogP contribution in [0.2, 0.25) is 0 Å². The fourth-order valence-corrected chi connectivity index (χ4v) is 3.44. The van der Waals surface area contributed by atoms with Crippen molar-refractivity contribution in [2.45, 2.75) is 12.3 Å². The van der Waals surface area contributed by atoms with Gasteiger partial charge in [0.1, 0.15) is 0 Å². The fraction of sp³-hybridized carbons (Fsp3) is 1.00. The van der Waals surface area contributed by atoms with Crippen LogP contribution in [0.4, 0.5) is 0 Å². The van der Waals surface area contributed by atoms with Crippen LogP contribution in [0.5, 0.6) is 0 Å². The zero-order valence-corrected chi connectivity index (χ0v) is 11.4. The molecule has 0 bridgehead atoms. The second-order valence-electron chi connectivity index (χ2n) is 5.98. The van der Waals surface area contributed by atoms with E-state index in [0.29, 0.717) is 0 Å². The number of aliphatic hydroxyl groups is 1. The molecular formula is C9H26OP2. The van der Waals surface area contributed by atoms with Gasteiger partial charge in [0, 0.05) is 0 Å². The van der Waals surface area contributed by atoms with Crippen molar-refractivity contribution in [2.24, 2.45) is 0 Å². The van der Waals surface area contributed by atoms with Crippen molar-refractivity contribution in [3.05, 3.63) is 0 Å². The molecule has 0 aliphatic rings. The van der Waals surface area contributed by atoms with Gasteiger partial charge in [-0.1, -0.05) is 0 Å². The molecule has 3 heteroatoms. The van der Waals surface area contributed by atoms with Gasteiger partial charge in [0.25, 0.3) is 0 Å². The van der Waals surface area contributed by atoms with Crippen LogP contribution in [0.3, 0.4) is 0 Å². The third-order valence-electron chi connectivity index (χ3n) is 2.17. The number of hydrogen-bond acceptors (Lipinski definition) is 1. The van der Waals surface area contributed by atoms with Crippen molar-refractivity contribution in [3.63, 3.8) is 0 Å². The molecule has 12 heavy (non-hydrogen) atoms. The first kappa shape index (κ1) is 12.8. The summed E-state index contributed by atoms with van der Waals surface area (Å²) >= 11 is 0. The van der Waals surface area contributed by atoms with E-state index in [0.717, 1.165) is 6.42 Å². The van der Waals surface area contributed by atoms with Crippen molar-refractivity contribution in [2.75, 3.05) is 46.2 Å². The molecule has 0 radical (unpaired) electrons. The van der Waals surface area contributed by atoms with Crippen molar-refractivity contribution in [1.82, 2.24) is 0 Å². The Morgan fingerprint density at radius 2 is 1.42 bits per heavy atom. The Balaban J connectivity index is 3.80. The average Bonchev–Trinajstić information content (AvgIpc) is 1.78. The molecule has 0 amide bonds. The summed E-state index contributed by atoms with van der Waals surface area (Å²) < 4.78 is 0. The topological polar surface area (TPSA) is 20.2 Å². The van der Waals surface area contributed by atoms with Gasteiger partial charge in [0.05, 0.1) is 0 Å². The van der Waals surface area contributed by atoms with E-state index in [1.165, 1.54) is 6.16 Å². The number of hydrogen-bond donors (Lipinski definition) is 1. The van der Waals surface area contributed by atoms with E-state index >= 15 is 0 Å². The molecule has 78 valence electrons. The Hall–Kier alpha value is 0.820. The van der Waals surface area contributed by atoms with Crippen LogP contribution in [0.25, 0.3) is 0 Å². The van der Waals surface area contributed by atoms with Crippen molar-refractivity contribution < 1.29 is 5.11 Å². The van der Waals surface area contributed by atoms with Crippen molar-refractivity contribution >= 4 is 14.5 Å². The van der Waals surface area contributed by atoms with E-state index in [4.69, 9.17) is 0 Å². The third-order valence-corrected chi connectivity index (χ3v) is 6.24. The predicted molar refractivity (Wildman–Crippen MR) is 67.7 cm³/mol. The van der Waals surface area contributed by atoms with Crippen LogP contribution in [0.15, 0.2) is 0 Å². The summed E-state index contributed by atoms with van der Waals surface area (Å²) in [6, 6.07) is 0. The van der Waals surface area contributed by atoms with Gasteiger partial charge in [0.15, 0.2) is 0 Å². The Bertz CT molecular complexity index is 132. The number of aliphatic hydroxyl groups excluding tert-OH is 1. The first-order valence-corrected chi connectivity index (χ1v) is 12.1. The molecule has 1 atom stereocenters.